The van der Waals surface area contributed by atoms with Crippen molar-refractivity contribution in [3.63, 3.8) is 0 Å². The SMILES string of the molecule is O=C(O)c1[c]ccc(S(=O)(=O)O)c1. The summed E-state index contributed by atoms with van der Waals surface area (Å²) < 4.78 is 29.7. The highest BCUT2D eigenvalue weighted by molar-refractivity contribution is 7.85. The average molecular weight is 201 g/mol. The van der Waals surface area contributed by atoms with Gasteiger partial charge in [0.05, 0.1) is 10.5 Å². The maximum absolute atomic E-state index is 10.6. The molecule has 1 aromatic carbocycles. The number of aromatic carboxylic acids is 1. The molecule has 0 atom stereocenters. The second kappa shape index (κ2) is 3.15. The molecule has 0 aromatic heterocycles. The second-order valence-electron chi connectivity index (χ2n) is 2.22. The van der Waals surface area contributed by atoms with E-state index in [2.05, 4.69) is 6.07 Å². The summed E-state index contributed by atoms with van der Waals surface area (Å²) in [5, 5.41) is 8.47. The third-order valence-electron chi connectivity index (χ3n) is 1.30. The molecule has 0 fully saturated rings. The zero-order chi connectivity index (χ0) is 10.1. The number of hydrogen-bond donors (Lipinski definition) is 2. The van der Waals surface area contributed by atoms with Crippen molar-refractivity contribution in [1.29, 1.82) is 0 Å². The lowest BCUT2D eigenvalue weighted by Gasteiger charge is -1.97. The summed E-state index contributed by atoms with van der Waals surface area (Å²) in [5.74, 6) is -1.30. The van der Waals surface area contributed by atoms with Crippen LogP contribution in [-0.4, -0.2) is 24.0 Å². The molecule has 0 saturated carbocycles. The Hall–Kier alpha value is -1.40. The Labute approximate surface area is 74.4 Å². The summed E-state index contributed by atoms with van der Waals surface area (Å²) in [6.45, 7) is 0. The highest BCUT2D eigenvalue weighted by Gasteiger charge is 2.12. The lowest BCUT2D eigenvalue weighted by molar-refractivity contribution is 0.0696. The Bertz CT molecular complexity index is 434. The van der Waals surface area contributed by atoms with Crippen LogP contribution in [-0.2, 0) is 10.1 Å². The van der Waals surface area contributed by atoms with Gasteiger partial charge in [0.2, 0.25) is 0 Å². The van der Waals surface area contributed by atoms with E-state index in [-0.39, 0.29) is 5.56 Å². The van der Waals surface area contributed by atoms with Crippen LogP contribution in [0.2, 0.25) is 0 Å². The maximum atomic E-state index is 10.6. The zero-order valence-electron chi connectivity index (χ0n) is 6.26. The third kappa shape index (κ3) is 2.27. The van der Waals surface area contributed by atoms with E-state index in [4.69, 9.17) is 9.66 Å². The fourth-order valence-electron chi connectivity index (χ4n) is 0.730. The number of carbonyl (C=O) groups is 1. The molecule has 0 spiro atoms. The van der Waals surface area contributed by atoms with E-state index in [9.17, 15) is 13.2 Å². The lowest BCUT2D eigenvalue weighted by Crippen LogP contribution is -2.02. The van der Waals surface area contributed by atoms with Crippen LogP contribution in [0, 0.1) is 6.07 Å². The van der Waals surface area contributed by atoms with Crippen molar-refractivity contribution < 1.29 is 22.9 Å². The summed E-state index contributed by atoms with van der Waals surface area (Å²) in [4.78, 5) is 9.92. The molecule has 69 valence electrons. The number of hydrogen-bond acceptors (Lipinski definition) is 3. The predicted octanol–water partition coefficient (Wildman–Crippen LogP) is 0.432. The van der Waals surface area contributed by atoms with E-state index >= 15 is 0 Å². The Morgan fingerprint density at radius 1 is 1.46 bits per heavy atom. The molecule has 1 rings (SSSR count). The number of rotatable bonds is 2. The van der Waals surface area contributed by atoms with Gasteiger partial charge in [-0.3, -0.25) is 4.55 Å². The highest BCUT2D eigenvalue weighted by Crippen LogP contribution is 2.10. The minimum Gasteiger partial charge on any atom is -0.478 e. The van der Waals surface area contributed by atoms with Crippen LogP contribution in [0.4, 0.5) is 0 Å². The molecule has 0 saturated heterocycles. The van der Waals surface area contributed by atoms with E-state index in [1.807, 2.05) is 0 Å². The minimum absolute atomic E-state index is 0.310. The van der Waals surface area contributed by atoms with Gasteiger partial charge in [-0.05, 0) is 18.2 Å². The van der Waals surface area contributed by atoms with Gasteiger partial charge >= 0.3 is 5.97 Å². The van der Waals surface area contributed by atoms with E-state index in [1.165, 1.54) is 0 Å². The van der Waals surface area contributed by atoms with Gasteiger partial charge in [-0.25, -0.2) is 4.79 Å². The molecule has 0 amide bonds. The number of carboxylic acids is 1. The highest BCUT2D eigenvalue weighted by atomic mass is 32.2. The van der Waals surface area contributed by atoms with Gasteiger partial charge in [-0.15, -0.1) is 0 Å². The van der Waals surface area contributed by atoms with Crippen molar-refractivity contribution in [2.24, 2.45) is 0 Å². The zero-order valence-corrected chi connectivity index (χ0v) is 7.08. The quantitative estimate of drug-likeness (QED) is 0.677. The summed E-state index contributed by atoms with van der Waals surface area (Å²) in [7, 11) is -4.34. The summed E-state index contributed by atoms with van der Waals surface area (Å²) in [6.07, 6.45) is 0. The molecule has 0 unspecified atom stereocenters. The summed E-state index contributed by atoms with van der Waals surface area (Å²) in [5.41, 5.74) is -0.310. The van der Waals surface area contributed by atoms with Gasteiger partial charge in [0, 0.05) is 0 Å². The normalized spacial score (nSPS) is 11.2. The molecule has 1 radical (unpaired) electrons. The summed E-state index contributed by atoms with van der Waals surface area (Å²) >= 11 is 0. The van der Waals surface area contributed by atoms with Crippen LogP contribution < -0.4 is 0 Å². The van der Waals surface area contributed by atoms with Gasteiger partial charge in [0.25, 0.3) is 10.1 Å². The molecule has 0 bridgehead atoms. The topological polar surface area (TPSA) is 91.7 Å². The van der Waals surface area contributed by atoms with Crippen molar-refractivity contribution in [2.75, 3.05) is 0 Å². The Kier molecular flexibility index (Phi) is 2.35. The van der Waals surface area contributed by atoms with E-state index in [0.29, 0.717) is 0 Å². The van der Waals surface area contributed by atoms with Crippen molar-refractivity contribution in [1.82, 2.24) is 0 Å². The fraction of sp³-hybridized carbons (Fsp3) is 0. The number of carboxylic acid groups (broad SMARTS) is 1. The van der Waals surface area contributed by atoms with Crippen LogP contribution in [0.5, 0.6) is 0 Å². The van der Waals surface area contributed by atoms with Crippen LogP contribution in [0.1, 0.15) is 10.4 Å². The molecule has 13 heavy (non-hydrogen) atoms. The first-order valence-corrected chi connectivity index (χ1v) is 4.58. The first-order chi connectivity index (χ1) is 5.91. The molecular formula is C7H5O5S. The molecular weight excluding hydrogens is 196 g/mol. The first kappa shape index (κ1) is 9.69. The standard InChI is InChI=1S/C7H5O5S/c8-7(9)5-2-1-3-6(4-5)13(10,11)12/h1,3-4H,(H,8,9)(H,10,11,12). The van der Waals surface area contributed by atoms with Gasteiger partial charge in [0.1, 0.15) is 0 Å². The maximum Gasteiger partial charge on any atom is 0.336 e. The molecule has 0 heterocycles. The van der Waals surface area contributed by atoms with Crippen molar-refractivity contribution in [3.8, 4) is 0 Å². The van der Waals surface area contributed by atoms with E-state index < -0.39 is 21.0 Å². The average Bonchev–Trinajstić information content (AvgIpc) is 2.03. The van der Waals surface area contributed by atoms with Crippen LogP contribution in [0.25, 0.3) is 0 Å². The molecule has 0 aliphatic rings. The van der Waals surface area contributed by atoms with Crippen LogP contribution in [0.15, 0.2) is 23.1 Å². The van der Waals surface area contributed by atoms with Gasteiger partial charge < -0.3 is 5.11 Å². The van der Waals surface area contributed by atoms with Gasteiger partial charge in [-0.1, -0.05) is 6.07 Å². The van der Waals surface area contributed by atoms with Crippen molar-refractivity contribution >= 4 is 16.1 Å². The van der Waals surface area contributed by atoms with Crippen LogP contribution in [0.3, 0.4) is 0 Å². The van der Waals surface area contributed by atoms with E-state index in [0.717, 1.165) is 18.2 Å². The molecule has 0 aliphatic carbocycles. The first-order valence-electron chi connectivity index (χ1n) is 3.14. The Morgan fingerprint density at radius 2 is 2.08 bits per heavy atom. The molecule has 0 aliphatic heterocycles. The fourth-order valence-corrected chi connectivity index (χ4v) is 1.24. The molecule has 6 heteroatoms. The smallest absolute Gasteiger partial charge is 0.336 e. The van der Waals surface area contributed by atoms with Crippen LogP contribution >= 0.6 is 0 Å². The molecule has 2 N–H and O–H groups in total. The lowest BCUT2D eigenvalue weighted by atomic mass is 10.2. The van der Waals surface area contributed by atoms with Gasteiger partial charge in [0.15, 0.2) is 0 Å². The molecule has 5 nitrogen and oxygen atoms in total. The predicted molar refractivity (Wildman–Crippen MR) is 42.1 cm³/mol. The molecule has 1 aromatic rings. The summed E-state index contributed by atoms with van der Waals surface area (Å²) in [6, 6.07) is 5.31. The van der Waals surface area contributed by atoms with Gasteiger partial charge in [-0.2, -0.15) is 8.42 Å². The Morgan fingerprint density at radius 3 is 2.54 bits per heavy atom. The number of benzene rings is 1. The largest absolute Gasteiger partial charge is 0.478 e. The van der Waals surface area contributed by atoms with E-state index in [1.54, 1.807) is 0 Å². The van der Waals surface area contributed by atoms with Crippen molar-refractivity contribution in [2.45, 2.75) is 4.90 Å². The minimum atomic E-state index is -4.34. The monoisotopic (exact) mass is 201 g/mol. The van der Waals surface area contributed by atoms with Crippen molar-refractivity contribution in [3.05, 3.63) is 29.8 Å². The third-order valence-corrected chi connectivity index (χ3v) is 2.15. The Balaban J connectivity index is 3.29. The second-order valence-corrected chi connectivity index (χ2v) is 3.64.